The van der Waals surface area contributed by atoms with Gasteiger partial charge in [0.15, 0.2) is 0 Å². The van der Waals surface area contributed by atoms with E-state index >= 15 is 0 Å². The lowest BCUT2D eigenvalue weighted by Gasteiger charge is -2.28. The number of hydrogen-bond acceptors (Lipinski definition) is 2. The van der Waals surface area contributed by atoms with Gasteiger partial charge < -0.3 is 4.79 Å². The van der Waals surface area contributed by atoms with Gasteiger partial charge in [0, 0.05) is 6.42 Å². The first-order valence-corrected chi connectivity index (χ1v) is 7.77. The molecule has 0 spiro atoms. The smallest absolute Gasteiger partial charge is 0.119 e. The average molecular weight is 269 g/mol. The van der Waals surface area contributed by atoms with Gasteiger partial charge in [0.2, 0.25) is 0 Å². The molecule has 0 amide bonds. The molecule has 2 heteroatoms. The van der Waals surface area contributed by atoms with Crippen molar-refractivity contribution in [3.05, 3.63) is 35.4 Å². The highest BCUT2D eigenvalue weighted by Gasteiger charge is 2.21. The van der Waals surface area contributed by atoms with Crippen LogP contribution in [0.2, 0.25) is 0 Å². The number of rotatable bonds is 6. The fraction of sp³-hybridized carbons (Fsp3) is 0.556. The van der Waals surface area contributed by atoms with E-state index in [9.17, 15) is 4.79 Å². The van der Waals surface area contributed by atoms with Gasteiger partial charge in [0.1, 0.15) is 6.29 Å². The summed E-state index contributed by atoms with van der Waals surface area (Å²) in [5.41, 5.74) is 2.14. The van der Waals surface area contributed by atoms with E-state index in [4.69, 9.17) is 5.26 Å². The summed E-state index contributed by atoms with van der Waals surface area (Å²) in [6, 6.07) is 10.3. The molecule has 1 saturated carbocycles. The van der Waals surface area contributed by atoms with Crippen LogP contribution in [0.15, 0.2) is 24.3 Å². The third kappa shape index (κ3) is 4.20. The van der Waals surface area contributed by atoms with E-state index in [1.165, 1.54) is 44.1 Å². The summed E-state index contributed by atoms with van der Waals surface area (Å²) in [4.78, 5) is 10.3. The highest BCUT2D eigenvalue weighted by Crippen LogP contribution is 2.37. The van der Waals surface area contributed by atoms with Gasteiger partial charge in [0.25, 0.3) is 0 Å². The molecule has 0 heterocycles. The number of hydrogen-bond donors (Lipinski definition) is 0. The first-order chi connectivity index (χ1) is 9.83. The summed E-state index contributed by atoms with van der Waals surface area (Å²) in [7, 11) is 0. The van der Waals surface area contributed by atoms with Crippen LogP contribution in [-0.4, -0.2) is 6.29 Å². The highest BCUT2D eigenvalue weighted by molar-refractivity contribution is 5.48. The van der Waals surface area contributed by atoms with E-state index in [0.29, 0.717) is 5.92 Å². The third-order valence-corrected chi connectivity index (χ3v) is 4.54. The second-order valence-corrected chi connectivity index (χ2v) is 5.90. The SMILES string of the molecule is N#Cc1ccc([C@H]2CC[C@H](CCCCC=O)CC2)cc1. The van der Waals surface area contributed by atoms with Gasteiger partial charge in [-0.15, -0.1) is 0 Å². The van der Waals surface area contributed by atoms with Crippen molar-refractivity contribution in [1.29, 1.82) is 5.26 Å². The first kappa shape index (κ1) is 14.8. The fourth-order valence-corrected chi connectivity index (χ4v) is 3.27. The summed E-state index contributed by atoms with van der Waals surface area (Å²) in [6.45, 7) is 0. The summed E-state index contributed by atoms with van der Waals surface area (Å²) < 4.78 is 0. The normalized spacial score (nSPS) is 22.1. The molecule has 2 nitrogen and oxygen atoms in total. The van der Waals surface area contributed by atoms with Gasteiger partial charge in [-0.1, -0.05) is 25.0 Å². The van der Waals surface area contributed by atoms with Crippen molar-refractivity contribution in [2.45, 2.75) is 57.3 Å². The van der Waals surface area contributed by atoms with E-state index in [0.717, 1.165) is 30.6 Å². The topological polar surface area (TPSA) is 40.9 Å². The summed E-state index contributed by atoms with van der Waals surface area (Å²) in [6.07, 6.45) is 10.5. The molecule has 1 aromatic rings. The van der Waals surface area contributed by atoms with Gasteiger partial charge in [0.05, 0.1) is 11.6 Å². The van der Waals surface area contributed by atoms with Gasteiger partial charge in [-0.3, -0.25) is 0 Å². The van der Waals surface area contributed by atoms with Crippen LogP contribution in [0.3, 0.4) is 0 Å². The summed E-state index contributed by atoms with van der Waals surface area (Å²) >= 11 is 0. The van der Waals surface area contributed by atoms with Crippen LogP contribution in [0.4, 0.5) is 0 Å². The Morgan fingerprint density at radius 3 is 2.40 bits per heavy atom. The number of carbonyl (C=O) groups excluding carboxylic acids is 1. The maximum atomic E-state index is 10.3. The van der Waals surface area contributed by atoms with Crippen molar-refractivity contribution in [2.24, 2.45) is 5.92 Å². The molecule has 0 saturated heterocycles. The zero-order valence-corrected chi connectivity index (χ0v) is 12.1. The predicted octanol–water partition coefficient (Wildman–Crippen LogP) is 4.59. The Morgan fingerprint density at radius 2 is 1.80 bits per heavy atom. The second-order valence-electron chi connectivity index (χ2n) is 5.90. The number of carbonyl (C=O) groups is 1. The lowest BCUT2D eigenvalue weighted by Crippen LogP contribution is -2.13. The quantitative estimate of drug-likeness (QED) is 0.559. The van der Waals surface area contributed by atoms with Crippen molar-refractivity contribution in [3.8, 4) is 6.07 Å². The minimum atomic E-state index is 0.675. The van der Waals surface area contributed by atoms with Gasteiger partial charge >= 0.3 is 0 Å². The van der Waals surface area contributed by atoms with Gasteiger partial charge in [-0.2, -0.15) is 5.26 Å². The van der Waals surface area contributed by atoms with Crippen molar-refractivity contribution >= 4 is 6.29 Å². The van der Waals surface area contributed by atoms with Crippen molar-refractivity contribution < 1.29 is 4.79 Å². The second kappa shape index (κ2) is 7.85. The molecule has 0 atom stereocenters. The van der Waals surface area contributed by atoms with E-state index in [-0.39, 0.29) is 0 Å². The molecule has 1 aliphatic rings. The van der Waals surface area contributed by atoms with Crippen LogP contribution < -0.4 is 0 Å². The molecule has 1 aliphatic carbocycles. The zero-order valence-electron chi connectivity index (χ0n) is 12.1. The molecule has 1 fully saturated rings. The van der Waals surface area contributed by atoms with Gasteiger partial charge in [-0.25, -0.2) is 0 Å². The number of unbranched alkanes of at least 4 members (excludes halogenated alkanes) is 2. The van der Waals surface area contributed by atoms with E-state index < -0.39 is 0 Å². The number of nitrogens with zero attached hydrogens (tertiary/aromatic N) is 1. The highest BCUT2D eigenvalue weighted by atomic mass is 16.1. The number of benzene rings is 1. The maximum Gasteiger partial charge on any atom is 0.119 e. The molecule has 0 aliphatic heterocycles. The van der Waals surface area contributed by atoms with Crippen LogP contribution in [0.25, 0.3) is 0 Å². The molecule has 0 aromatic heterocycles. The molecule has 1 aromatic carbocycles. The Balaban J connectivity index is 1.76. The minimum Gasteiger partial charge on any atom is -0.303 e. The molecular weight excluding hydrogens is 246 g/mol. The van der Waals surface area contributed by atoms with Crippen molar-refractivity contribution in [1.82, 2.24) is 0 Å². The molecule has 0 N–H and O–H groups in total. The largest absolute Gasteiger partial charge is 0.303 e. The molecule has 0 radical (unpaired) electrons. The van der Waals surface area contributed by atoms with Crippen LogP contribution >= 0.6 is 0 Å². The monoisotopic (exact) mass is 269 g/mol. The van der Waals surface area contributed by atoms with Crippen molar-refractivity contribution in [3.63, 3.8) is 0 Å². The Bertz CT molecular complexity index is 449. The Kier molecular flexibility index (Phi) is 5.80. The summed E-state index contributed by atoms with van der Waals surface area (Å²) in [5, 5.41) is 8.82. The third-order valence-electron chi connectivity index (χ3n) is 4.54. The van der Waals surface area contributed by atoms with E-state index in [2.05, 4.69) is 18.2 Å². The molecular formula is C18H23NO. The van der Waals surface area contributed by atoms with Crippen LogP contribution in [-0.2, 0) is 4.79 Å². The Morgan fingerprint density at radius 1 is 1.10 bits per heavy atom. The zero-order chi connectivity index (χ0) is 14.2. The molecule has 2 rings (SSSR count). The Labute approximate surface area is 121 Å². The molecule has 106 valence electrons. The predicted molar refractivity (Wildman–Crippen MR) is 80.4 cm³/mol. The Hall–Kier alpha value is -1.62. The maximum absolute atomic E-state index is 10.3. The molecule has 20 heavy (non-hydrogen) atoms. The lowest BCUT2D eigenvalue weighted by molar-refractivity contribution is -0.107. The van der Waals surface area contributed by atoms with Crippen LogP contribution in [0.1, 0.15) is 68.4 Å². The first-order valence-electron chi connectivity index (χ1n) is 7.77. The van der Waals surface area contributed by atoms with Crippen LogP contribution in [0, 0.1) is 17.2 Å². The van der Waals surface area contributed by atoms with Crippen LogP contribution in [0.5, 0.6) is 0 Å². The minimum absolute atomic E-state index is 0.675. The van der Waals surface area contributed by atoms with E-state index in [1.54, 1.807) is 0 Å². The van der Waals surface area contributed by atoms with E-state index in [1.807, 2.05) is 12.1 Å². The molecule has 0 unspecified atom stereocenters. The number of aldehydes is 1. The van der Waals surface area contributed by atoms with Gasteiger partial charge in [-0.05, 0) is 61.6 Å². The summed E-state index contributed by atoms with van der Waals surface area (Å²) in [5.74, 6) is 1.53. The van der Waals surface area contributed by atoms with Crippen molar-refractivity contribution in [2.75, 3.05) is 0 Å². The molecule has 0 bridgehead atoms. The standard InChI is InChI=1S/C18H23NO/c19-14-16-7-11-18(12-8-16)17-9-5-15(6-10-17)4-2-1-3-13-20/h7-8,11-13,15,17H,1-6,9-10H2/t15-,17-. The average Bonchev–Trinajstić information content (AvgIpc) is 2.52. The fourth-order valence-electron chi connectivity index (χ4n) is 3.27. The lowest BCUT2D eigenvalue weighted by atomic mass is 9.77. The number of nitriles is 1.